The second-order valence-electron chi connectivity index (χ2n) is 6.08. The van der Waals surface area contributed by atoms with Crippen LogP contribution in [0.3, 0.4) is 0 Å². The molecule has 1 aromatic heterocycles. The van der Waals surface area contributed by atoms with Crippen LogP contribution in [-0.2, 0) is 0 Å². The number of hydrogen-bond donors (Lipinski definition) is 0. The second kappa shape index (κ2) is 6.64. The van der Waals surface area contributed by atoms with Crippen molar-refractivity contribution in [3.63, 3.8) is 0 Å². The summed E-state index contributed by atoms with van der Waals surface area (Å²) in [6.07, 6.45) is 0. The highest BCUT2D eigenvalue weighted by atomic mass is 35.5. The van der Waals surface area contributed by atoms with Gasteiger partial charge < -0.3 is 4.42 Å². The Hall–Kier alpha value is -2.55. The van der Waals surface area contributed by atoms with E-state index in [0.717, 1.165) is 27.7 Å². The van der Waals surface area contributed by atoms with E-state index in [1.54, 1.807) is 24.3 Å². The summed E-state index contributed by atoms with van der Waals surface area (Å²) in [5, 5.41) is 2.12. The van der Waals surface area contributed by atoms with Gasteiger partial charge in [-0.1, -0.05) is 71.7 Å². The third-order valence-electron chi connectivity index (χ3n) is 4.44. The van der Waals surface area contributed by atoms with Gasteiger partial charge in [-0.25, -0.2) is 0 Å². The van der Waals surface area contributed by atoms with Crippen molar-refractivity contribution in [3.05, 3.63) is 93.7 Å². The molecular weight excluding hydrogens is 367 g/mol. The Kier molecular flexibility index (Phi) is 4.31. The number of rotatable bonds is 3. The van der Waals surface area contributed by atoms with E-state index >= 15 is 0 Å². The predicted molar refractivity (Wildman–Crippen MR) is 106 cm³/mol. The summed E-state index contributed by atoms with van der Waals surface area (Å²) in [6.45, 7) is 1.90. The molecule has 0 saturated heterocycles. The van der Waals surface area contributed by atoms with Crippen LogP contribution in [0.2, 0.25) is 10.0 Å². The molecule has 0 aliphatic rings. The van der Waals surface area contributed by atoms with Gasteiger partial charge in [0.1, 0.15) is 5.58 Å². The fourth-order valence-electron chi connectivity index (χ4n) is 3.05. The van der Waals surface area contributed by atoms with Gasteiger partial charge in [0.05, 0.1) is 0 Å². The lowest BCUT2D eigenvalue weighted by Gasteiger charge is -2.06. The van der Waals surface area contributed by atoms with Crippen molar-refractivity contribution in [2.75, 3.05) is 0 Å². The molecule has 0 N–H and O–H groups in total. The first kappa shape index (κ1) is 16.9. The van der Waals surface area contributed by atoms with Crippen molar-refractivity contribution in [3.8, 4) is 11.1 Å². The fourth-order valence-corrected chi connectivity index (χ4v) is 3.56. The second-order valence-corrected chi connectivity index (χ2v) is 6.93. The zero-order valence-electron chi connectivity index (χ0n) is 13.9. The molecule has 0 aliphatic carbocycles. The Bertz CT molecular complexity index is 1120. The average Bonchev–Trinajstić information content (AvgIpc) is 2.98. The van der Waals surface area contributed by atoms with Gasteiger partial charge in [0.2, 0.25) is 5.78 Å². The molecule has 2 nitrogen and oxygen atoms in total. The number of para-hydroxylation sites is 1. The third kappa shape index (κ3) is 2.92. The minimum atomic E-state index is -0.132. The van der Waals surface area contributed by atoms with Crippen LogP contribution in [0.15, 0.2) is 71.1 Å². The monoisotopic (exact) mass is 380 g/mol. The molecule has 0 atom stereocenters. The van der Waals surface area contributed by atoms with Gasteiger partial charge in [-0.3, -0.25) is 4.79 Å². The van der Waals surface area contributed by atoms with E-state index in [4.69, 9.17) is 27.6 Å². The number of aryl methyl sites for hydroxylation is 1. The summed E-state index contributed by atoms with van der Waals surface area (Å²) < 4.78 is 5.78. The Morgan fingerprint density at radius 2 is 1.65 bits per heavy atom. The maximum absolute atomic E-state index is 12.9. The van der Waals surface area contributed by atoms with Crippen LogP contribution in [0.25, 0.3) is 22.1 Å². The van der Waals surface area contributed by atoms with E-state index in [-0.39, 0.29) is 5.78 Å². The lowest BCUT2D eigenvalue weighted by atomic mass is 10.0. The highest BCUT2D eigenvalue weighted by Crippen LogP contribution is 2.31. The van der Waals surface area contributed by atoms with Gasteiger partial charge in [0, 0.05) is 32.1 Å². The Morgan fingerprint density at radius 1 is 0.923 bits per heavy atom. The summed E-state index contributed by atoms with van der Waals surface area (Å²) in [5.41, 5.74) is 3.94. The summed E-state index contributed by atoms with van der Waals surface area (Å²) in [7, 11) is 0. The molecule has 4 aromatic rings. The van der Waals surface area contributed by atoms with Crippen LogP contribution in [0.4, 0.5) is 0 Å². The minimum absolute atomic E-state index is 0.132. The van der Waals surface area contributed by atoms with Gasteiger partial charge >= 0.3 is 0 Å². The van der Waals surface area contributed by atoms with Crippen LogP contribution >= 0.6 is 23.2 Å². The number of carbonyl (C=O) groups excluding carboxylic acids is 1. The Balaban J connectivity index is 1.70. The largest absolute Gasteiger partial charge is 0.452 e. The highest BCUT2D eigenvalue weighted by molar-refractivity contribution is 6.36. The maximum Gasteiger partial charge on any atom is 0.228 e. The van der Waals surface area contributed by atoms with Crippen molar-refractivity contribution in [2.45, 2.75) is 6.92 Å². The zero-order valence-corrected chi connectivity index (χ0v) is 15.4. The zero-order chi connectivity index (χ0) is 18.3. The van der Waals surface area contributed by atoms with Crippen LogP contribution in [-0.4, -0.2) is 5.78 Å². The van der Waals surface area contributed by atoms with Gasteiger partial charge in [-0.05, 0) is 30.7 Å². The van der Waals surface area contributed by atoms with Crippen molar-refractivity contribution >= 4 is 40.0 Å². The van der Waals surface area contributed by atoms with Crippen molar-refractivity contribution < 1.29 is 9.21 Å². The number of hydrogen-bond acceptors (Lipinski definition) is 2. The maximum atomic E-state index is 12.9. The van der Waals surface area contributed by atoms with E-state index in [9.17, 15) is 4.79 Å². The van der Waals surface area contributed by atoms with E-state index in [0.29, 0.717) is 21.4 Å². The molecule has 0 fully saturated rings. The van der Waals surface area contributed by atoms with Gasteiger partial charge in [0.15, 0.2) is 5.76 Å². The van der Waals surface area contributed by atoms with E-state index in [2.05, 4.69) is 0 Å². The van der Waals surface area contributed by atoms with Crippen molar-refractivity contribution in [2.24, 2.45) is 0 Å². The molecule has 4 heteroatoms. The number of halogens is 2. The molecule has 0 bridgehead atoms. The summed E-state index contributed by atoms with van der Waals surface area (Å²) in [4.78, 5) is 12.9. The molecule has 0 amide bonds. The van der Waals surface area contributed by atoms with E-state index in [1.807, 2.05) is 49.4 Å². The highest BCUT2D eigenvalue weighted by Gasteiger charge is 2.19. The average molecular weight is 381 g/mol. The molecule has 0 spiro atoms. The molecule has 0 aliphatic heterocycles. The van der Waals surface area contributed by atoms with Crippen LogP contribution in [0.5, 0.6) is 0 Å². The molecule has 3 aromatic carbocycles. The smallest absolute Gasteiger partial charge is 0.228 e. The number of fused-ring (bicyclic) bond motifs is 1. The van der Waals surface area contributed by atoms with Gasteiger partial charge in [-0.15, -0.1) is 0 Å². The van der Waals surface area contributed by atoms with E-state index in [1.165, 1.54) is 0 Å². The fraction of sp³-hybridized carbons (Fsp3) is 0.0455. The molecule has 0 radical (unpaired) electrons. The first-order valence-electron chi connectivity index (χ1n) is 8.13. The summed E-state index contributed by atoms with van der Waals surface area (Å²) >= 11 is 12.2. The molecule has 0 saturated carbocycles. The Morgan fingerprint density at radius 3 is 2.35 bits per heavy atom. The number of furan rings is 1. The number of ketones is 1. The van der Waals surface area contributed by atoms with Crippen LogP contribution in [0, 0.1) is 6.92 Å². The summed E-state index contributed by atoms with van der Waals surface area (Å²) in [5.74, 6) is 0.246. The molecule has 26 heavy (non-hydrogen) atoms. The topological polar surface area (TPSA) is 30.2 Å². The molecular formula is C22H14Cl2O2. The lowest BCUT2D eigenvalue weighted by Crippen LogP contribution is -2.01. The number of benzene rings is 3. The number of carbonyl (C=O) groups is 1. The van der Waals surface area contributed by atoms with Crippen molar-refractivity contribution in [1.29, 1.82) is 0 Å². The quantitative estimate of drug-likeness (QED) is 0.360. The van der Waals surface area contributed by atoms with E-state index < -0.39 is 0 Å². The van der Waals surface area contributed by atoms with Gasteiger partial charge in [0.25, 0.3) is 0 Å². The Labute approximate surface area is 161 Å². The lowest BCUT2D eigenvalue weighted by molar-refractivity contribution is 0.101. The van der Waals surface area contributed by atoms with Crippen LogP contribution in [0.1, 0.15) is 21.7 Å². The first-order chi connectivity index (χ1) is 12.5. The molecule has 128 valence electrons. The minimum Gasteiger partial charge on any atom is -0.452 e. The molecule has 0 unspecified atom stereocenters. The third-order valence-corrected chi connectivity index (χ3v) is 4.99. The normalized spacial score (nSPS) is 11.0. The SMILES string of the molecule is Cc1c(C(=O)c2ccc(-c3ccc(Cl)cc3Cl)cc2)oc2ccccc12. The molecule has 1 heterocycles. The summed E-state index contributed by atoms with van der Waals surface area (Å²) in [6, 6.07) is 20.3. The molecule has 4 rings (SSSR count). The van der Waals surface area contributed by atoms with Crippen molar-refractivity contribution in [1.82, 2.24) is 0 Å². The predicted octanol–water partition coefficient (Wildman–Crippen LogP) is 6.95. The van der Waals surface area contributed by atoms with Crippen LogP contribution < -0.4 is 0 Å². The van der Waals surface area contributed by atoms with Gasteiger partial charge in [-0.2, -0.15) is 0 Å². The first-order valence-corrected chi connectivity index (χ1v) is 8.88. The standard InChI is InChI=1S/C22H14Cl2O2/c1-13-17-4-2-3-5-20(17)26-22(13)21(25)15-8-6-14(7-9-15)18-11-10-16(23)12-19(18)24/h2-12H,1H3.